The minimum atomic E-state index is -4.61. The molecule has 0 spiro atoms. The van der Waals surface area contributed by atoms with Crippen LogP contribution in [0.2, 0.25) is 5.02 Å². The zero-order chi connectivity index (χ0) is 36.7. The lowest BCUT2D eigenvalue weighted by Crippen LogP contribution is -2.51. The topological polar surface area (TPSA) is 147 Å². The number of para-hydroxylation sites is 1. The van der Waals surface area contributed by atoms with Crippen molar-refractivity contribution in [1.82, 2.24) is 29.0 Å². The van der Waals surface area contributed by atoms with E-state index in [4.69, 9.17) is 16.3 Å². The van der Waals surface area contributed by atoms with Crippen molar-refractivity contribution in [3.05, 3.63) is 92.8 Å². The molecule has 2 aromatic carbocycles. The Kier molecular flexibility index (Phi) is 9.35. The van der Waals surface area contributed by atoms with E-state index in [0.717, 1.165) is 28.3 Å². The number of benzene rings is 2. The summed E-state index contributed by atoms with van der Waals surface area (Å²) in [4.78, 5) is 53.7. The van der Waals surface area contributed by atoms with Crippen molar-refractivity contribution in [3.63, 3.8) is 0 Å². The van der Waals surface area contributed by atoms with E-state index in [0.29, 0.717) is 48.5 Å². The molecule has 5 heterocycles. The number of ether oxygens (including phenoxy) is 1. The Balaban J connectivity index is 1.21. The molecule has 270 valence electrons. The molecule has 2 aliphatic heterocycles. The molecule has 0 unspecified atom stereocenters. The first kappa shape index (κ1) is 34.9. The average molecular weight is 737 g/mol. The number of nitrogens with one attached hydrogen (secondary N) is 1. The van der Waals surface area contributed by atoms with Crippen LogP contribution in [0.25, 0.3) is 22.3 Å². The average Bonchev–Trinajstić information content (AvgIpc) is 3.59. The Morgan fingerprint density at radius 3 is 2.52 bits per heavy atom. The molecule has 3 aromatic heterocycles. The number of anilines is 2. The Hall–Kier alpha value is -5.48. The second-order valence-corrected chi connectivity index (χ2v) is 12.7. The van der Waals surface area contributed by atoms with Crippen molar-refractivity contribution < 1.29 is 32.6 Å². The first-order valence-corrected chi connectivity index (χ1v) is 16.9. The first-order chi connectivity index (χ1) is 24.9. The van der Waals surface area contributed by atoms with Gasteiger partial charge in [-0.1, -0.05) is 42.8 Å². The van der Waals surface area contributed by atoms with E-state index in [9.17, 15) is 32.7 Å². The molecule has 0 aliphatic carbocycles. The van der Waals surface area contributed by atoms with Gasteiger partial charge in [0.05, 0.1) is 40.7 Å². The first-order valence-electron chi connectivity index (χ1n) is 16.5. The van der Waals surface area contributed by atoms with Crippen LogP contribution in [0.3, 0.4) is 0 Å². The normalized spacial score (nSPS) is 15.3. The van der Waals surface area contributed by atoms with Crippen LogP contribution in [0.1, 0.15) is 40.9 Å². The molecule has 17 heteroatoms. The fraction of sp³-hybridized carbons (Fsp3) is 0.314. The van der Waals surface area contributed by atoms with Crippen LogP contribution in [0.4, 0.5) is 24.5 Å². The smallest absolute Gasteiger partial charge is 0.416 e. The molecule has 0 bridgehead atoms. The lowest BCUT2D eigenvalue weighted by atomic mass is 10.1. The second-order valence-electron chi connectivity index (χ2n) is 12.3. The third-order valence-corrected chi connectivity index (χ3v) is 9.39. The predicted octanol–water partition coefficient (Wildman–Crippen LogP) is 4.78. The zero-order valence-corrected chi connectivity index (χ0v) is 28.5. The summed E-state index contributed by atoms with van der Waals surface area (Å²) in [6.45, 7) is 3.14. The zero-order valence-electron chi connectivity index (χ0n) is 27.8. The summed E-state index contributed by atoms with van der Waals surface area (Å²) in [5.41, 5.74) is 0.581. The molecule has 0 atom stereocenters. The molecule has 1 saturated heterocycles. The number of aromatic hydroxyl groups is 1. The standard InChI is InChI=1S/C35H32ClF3N8O5/c1-2-26-30(44-11-13-45(14-12-44)32(50)29-27(48)17-21-5-3-4-6-24(21)41-29)33(51)47-34(42-31(43-47)20-9-15-52-16-10-20)46(26)19-28(49)40-25-8-7-22(18-23(25)36)35(37,38)39/h3-9,17-18,48H,2,10-16,19H2,1H3,(H,40,49). The Labute approximate surface area is 298 Å². The van der Waals surface area contributed by atoms with Gasteiger partial charge in [0.25, 0.3) is 11.5 Å². The summed E-state index contributed by atoms with van der Waals surface area (Å²) in [6.07, 6.45) is -1.98. The van der Waals surface area contributed by atoms with Crippen molar-refractivity contribution in [2.24, 2.45) is 0 Å². The maximum Gasteiger partial charge on any atom is 0.416 e. The van der Waals surface area contributed by atoms with Gasteiger partial charge in [0.15, 0.2) is 11.5 Å². The summed E-state index contributed by atoms with van der Waals surface area (Å²) in [7, 11) is 0. The molecule has 13 nitrogen and oxygen atoms in total. The highest BCUT2D eigenvalue weighted by atomic mass is 35.5. The SMILES string of the molecule is CCc1c(N2CCN(C(=O)c3nc4ccccc4cc3O)CC2)c(=O)n2nc(C3=CCOCC3)nc2n1CC(=O)Nc1ccc(C(F)(F)F)cc1Cl. The van der Waals surface area contributed by atoms with Crippen LogP contribution < -0.4 is 15.8 Å². The van der Waals surface area contributed by atoms with E-state index in [1.807, 2.05) is 24.0 Å². The van der Waals surface area contributed by atoms with Crippen LogP contribution in [0.5, 0.6) is 5.75 Å². The number of piperazine rings is 1. The van der Waals surface area contributed by atoms with E-state index in [1.54, 1.807) is 27.7 Å². The van der Waals surface area contributed by atoms with E-state index in [-0.39, 0.29) is 66.3 Å². The number of halogens is 4. The monoisotopic (exact) mass is 736 g/mol. The van der Waals surface area contributed by atoms with Crippen LogP contribution in [-0.2, 0) is 28.7 Å². The summed E-state index contributed by atoms with van der Waals surface area (Å²) < 4.78 is 47.8. The van der Waals surface area contributed by atoms with Gasteiger partial charge in [-0.05, 0) is 48.7 Å². The summed E-state index contributed by atoms with van der Waals surface area (Å²) in [5.74, 6) is -0.896. The summed E-state index contributed by atoms with van der Waals surface area (Å²) in [5, 5.41) is 18.1. The van der Waals surface area contributed by atoms with Crippen molar-refractivity contribution >= 4 is 57.0 Å². The number of amides is 2. The number of hydrogen-bond donors (Lipinski definition) is 2. The van der Waals surface area contributed by atoms with E-state index in [2.05, 4.69) is 20.4 Å². The summed E-state index contributed by atoms with van der Waals surface area (Å²) in [6, 6.07) is 11.3. The van der Waals surface area contributed by atoms with Gasteiger partial charge in [0.2, 0.25) is 11.7 Å². The number of nitrogens with zero attached hydrogens (tertiary/aromatic N) is 7. The molecule has 7 rings (SSSR count). The number of hydrogen-bond acceptors (Lipinski definition) is 9. The molecular weight excluding hydrogens is 705 g/mol. The van der Waals surface area contributed by atoms with Gasteiger partial charge in [-0.2, -0.15) is 22.7 Å². The molecule has 1 fully saturated rings. The molecule has 5 aromatic rings. The Morgan fingerprint density at radius 2 is 1.83 bits per heavy atom. The van der Waals surface area contributed by atoms with Crippen LogP contribution >= 0.6 is 11.6 Å². The maximum absolute atomic E-state index is 14.2. The quantitative estimate of drug-likeness (QED) is 0.241. The fourth-order valence-electron chi connectivity index (χ4n) is 6.47. The predicted molar refractivity (Wildman–Crippen MR) is 187 cm³/mol. The van der Waals surface area contributed by atoms with E-state index >= 15 is 0 Å². The highest BCUT2D eigenvalue weighted by molar-refractivity contribution is 6.33. The van der Waals surface area contributed by atoms with Crippen molar-refractivity contribution in [1.29, 1.82) is 0 Å². The third-order valence-electron chi connectivity index (χ3n) is 9.07. The molecule has 2 amide bonds. The Morgan fingerprint density at radius 1 is 1.06 bits per heavy atom. The van der Waals surface area contributed by atoms with E-state index < -0.39 is 29.1 Å². The van der Waals surface area contributed by atoms with Crippen LogP contribution in [-0.4, -0.2) is 85.4 Å². The molecule has 2 aliphatic rings. The van der Waals surface area contributed by atoms with Crippen molar-refractivity contribution in [2.75, 3.05) is 49.6 Å². The third kappa shape index (κ3) is 6.66. The molecule has 2 N–H and O–H groups in total. The lowest BCUT2D eigenvalue weighted by Gasteiger charge is -2.36. The molecule has 52 heavy (non-hydrogen) atoms. The van der Waals surface area contributed by atoms with Crippen molar-refractivity contribution in [3.8, 4) is 5.75 Å². The van der Waals surface area contributed by atoms with Gasteiger partial charge >= 0.3 is 6.18 Å². The fourth-order valence-corrected chi connectivity index (χ4v) is 6.69. The number of carbonyl (C=O) groups is 2. The number of rotatable bonds is 7. The van der Waals surface area contributed by atoms with E-state index in [1.165, 1.54) is 6.07 Å². The van der Waals surface area contributed by atoms with Crippen LogP contribution in [0, 0.1) is 0 Å². The number of carbonyl (C=O) groups excluding carboxylic acids is 2. The number of fused-ring (bicyclic) bond motifs is 2. The van der Waals surface area contributed by atoms with Gasteiger partial charge in [-0.15, -0.1) is 5.10 Å². The van der Waals surface area contributed by atoms with Gasteiger partial charge in [0.1, 0.15) is 18.0 Å². The van der Waals surface area contributed by atoms with Gasteiger partial charge in [-0.25, -0.2) is 4.98 Å². The molecule has 0 saturated carbocycles. The van der Waals surface area contributed by atoms with Crippen molar-refractivity contribution in [2.45, 2.75) is 32.5 Å². The maximum atomic E-state index is 14.2. The minimum absolute atomic E-state index is 0.0164. The highest BCUT2D eigenvalue weighted by Crippen LogP contribution is 2.34. The summed E-state index contributed by atoms with van der Waals surface area (Å²) >= 11 is 6.12. The largest absolute Gasteiger partial charge is 0.505 e. The van der Waals surface area contributed by atoms with Gasteiger partial charge < -0.3 is 29.5 Å². The van der Waals surface area contributed by atoms with Gasteiger partial charge in [0, 0.05) is 31.6 Å². The number of alkyl halides is 3. The lowest BCUT2D eigenvalue weighted by molar-refractivity contribution is -0.137. The minimum Gasteiger partial charge on any atom is -0.505 e. The molecular formula is C35H32ClF3N8O5. The number of aromatic nitrogens is 5. The second kappa shape index (κ2) is 13.9. The Bertz CT molecular complexity index is 2310. The number of pyridine rings is 1. The molecule has 0 radical (unpaired) electrons. The highest BCUT2D eigenvalue weighted by Gasteiger charge is 2.32. The van der Waals surface area contributed by atoms with Crippen LogP contribution in [0.15, 0.2) is 59.4 Å². The van der Waals surface area contributed by atoms with Gasteiger partial charge in [-0.3, -0.25) is 14.4 Å².